The number of benzene rings is 1. The molecule has 1 heterocycles. The van der Waals surface area contributed by atoms with Gasteiger partial charge in [-0.25, -0.2) is 8.78 Å². The molecule has 0 aliphatic carbocycles. The van der Waals surface area contributed by atoms with E-state index < -0.39 is 11.6 Å². The third kappa shape index (κ3) is 3.73. The first-order valence-electron chi connectivity index (χ1n) is 6.62. The molecule has 1 atom stereocenters. The van der Waals surface area contributed by atoms with E-state index in [-0.39, 0.29) is 30.5 Å². The molecule has 3 nitrogen and oxygen atoms in total. The monoisotopic (exact) mass is 268 g/mol. The van der Waals surface area contributed by atoms with E-state index in [1.54, 1.807) is 0 Å². The average Bonchev–Trinajstić information content (AvgIpc) is 2.43. The number of piperidine rings is 1. The van der Waals surface area contributed by atoms with Crippen LogP contribution in [0.5, 0.6) is 0 Å². The lowest BCUT2D eigenvalue weighted by atomic mass is 10.0. The number of rotatable bonds is 4. The van der Waals surface area contributed by atoms with Crippen LogP contribution in [0.25, 0.3) is 0 Å². The summed E-state index contributed by atoms with van der Waals surface area (Å²) < 4.78 is 26.7. The van der Waals surface area contributed by atoms with Crippen molar-refractivity contribution < 1.29 is 13.6 Å². The molecule has 104 valence electrons. The molecule has 1 fully saturated rings. The van der Waals surface area contributed by atoms with Crippen LogP contribution in [0, 0.1) is 11.6 Å². The average molecular weight is 268 g/mol. The van der Waals surface area contributed by atoms with Crippen LogP contribution in [0.1, 0.15) is 24.8 Å². The molecule has 2 rings (SSSR count). The number of carbonyl (C=O) groups excluding carboxylic acids is 1. The van der Waals surface area contributed by atoms with E-state index in [2.05, 4.69) is 10.6 Å². The third-order valence-corrected chi connectivity index (χ3v) is 3.36. The molecular formula is C14H18F2N2O. The van der Waals surface area contributed by atoms with Crippen molar-refractivity contribution in [1.29, 1.82) is 0 Å². The van der Waals surface area contributed by atoms with Gasteiger partial charge in [-0.15, -0.1) is 0 Å². The normalized spacial score (nSPS) is 19.2. The maximum Gasteiger partial charge on any atom is 0.237 e. The summed E-state index contributed by atoms with van der Waals surface area (Å²) in [5, 5.41) is 5.85. The summed E-state index contributed by atoms with van der Waals surface area (Å²) in [6.07, 6.45) is 3.11. The summed E-state index contributed by atoms with van der Waals surface area (Å²) in [6, 6.07) is 3.61. The number of amides is 1. The number of hydrogen-bond acceptors (Lipinski definition) is 2. The fraction of sp³-hybridized carbons (Fsp3) is 0.500. The van der Waals surface area contributed by atoms with Crippen LogP contribution in [0.2, 0.25) is 0 Å². The van der Waals surface area contributed by atoms with Crippen molar-refractivity contribution in [3.8, 4) is 0 Å². The highest BCUT2D eigenvalue weighted by Crippen LogP contribution is 2.12. The molecular weight excluding hydrogens is 250 g/mol. The third-order valence-electron chi connectivity index (χ3n) is 3.36. The van der Waals surface area contributed by atoms with Gasteiger partial charge in [0.15, 0.2) is 0 Å². The Morgan fingerprint density at radius 1 is 1.32 bits per heavy atom. The van der Waals surface area contributed by atoms with Crippen molar-refractivity contribution in [2.45, 2.75) is 31.7 Å². The molecule has 1 aromatic rings. The molecule has 1 amide bonds. The zero-order valence-electron chi connectivity index (χ0n) is 10.7. The van der Waals surface area contributed by atoms with E-state index in [1.807, 2.05) is 0 Å². The van der Waals surface area contributed by atoms with Gasteiger partial charge >= 0.3 is 0 Å². The van der Waals surface area contributed by atoms with Gasteiger partial charge in [0, 0.05) is 12.1 Å². The Labute approximate surface area is 111 Å². The smallest absolute Gasteiger partial charge is 0.237 e. The molecule has 1 aliphatic heterocycles. The first kappa shape index (κ1) is 13.9. The molecule has 1 aliphatic rings. The lowest BCUT2D eigenvalue weighted by Gasteiger charge is -2.22. The quantitative estimate of drug-likeness (QED) is 0.873. The minimum Gasteiger partial charge on any atom is -0.354 e. The second-order valence-corrected chi connectivity index (χ2v) is 4.74. The molecule has 1 unspecified atom stereocenters. The summed E-state index contributed by atoms with van der Waals surface area (Å²) >= 11 is 0. The Hall–Kier alpha value is -1.49. The predicted molar refractivity (Wildman–Crippen MR) is 68.7 cm³/mol. The lowest BCUT2D eigenvalue weighted by molar-refractivity contribution is -0.123. The van der Waals surface area contributed by atoms with Gasteiger partial charge < -0.3 is 10.6 Å². The number of halogens is 2. The molecule has 1 saturated heterocycles. The molecule has 0 spiro atoms. The summed E-state index contributed by atoms with van der Waals surface area (Å²) in [7, 11) is 0. The Bertz CT molecular complexity index is 425. The van der Waals surface area contributed by atoms with Crippen LogP contribution in [0.3, 0.4) is 0 Å². The lowest BCUT2D eigenvalue weighted by Crippen LogP contribution is -2.47. The largest absolute Gasteiger partial charge is 0.354 e. The van der Waals surface area contributed by atoms with Crippen molar-refractivity contribution in [3.05, 3.63) is 35.4 Å². The van der Waals surface area contributed by atoms with Gasteiger partial charge in [0.2, 0.25) is 5.91 Å². The van der Waals surface area contributed by atoms with E-state index in [0.29, 0.717) is 0 Å². The number of carbonyl (C=O) groups is 1. The van der Waals surface area contributed by atoms with Gasteiger partial charge in [0.25, 0.3) is 0 Å². The Morgan fingerprint density at radius 2 is 2.05 bits per heavy atom. The Morgan fingerprint density at radius 3 is 2.68 bits per heavy atom. The molecule has 0 aromatic heterocycles. The molecule has 2 N–H and O–H groups in total. The predicted octanol–water partition coefficient (Wildman–Crippen LogP) is 1.77. The highest BCUT2D eigenvalue weighted by atomic mass is 19.1. The van der Waals surface area contributed by atoms with Crippen LogP contribution in [-0.4, -0.2) is 25.0 Å². The summed E-state index contributed by atoms with van der Waals surface area (Å²) in [5.41, 5.74) is 0.0272. The van der Waals surface area contributed by atoms with Gasteiger partial charge in [-0.3, -0.25) is 4.79 Å². The van der Waals surface area contributed by atoms with Gasteiger partial charge in [0.1, 0.15) is 11.6 Å². The zero-order chi connectivity index (χ0) is 13.7. The first-order valence-corrected chi connectivity index (χ1v) is 6.62. The van der Waals surface area contributed by atoms with E-state index >= 15 is 0 Å². The SMILES string of the molecule is O=C(NCCc1c(F)cccc1F)C1CCCCN1. The van der Waals surface area contributed by atoms with Crippen molar-refractivity contribution in [2.24, 2.45) is 0 Å². The summed E-state index contributed by atoms with van der Waals surface area (Å²) in [6.45, 7) is 1.09. The number of nitrogens with one attached hydrogen (secondary N) is 2. The van der Waals surface area contributed by atoms with Crippen LogP contribution in [-0.2, 0) is 11.2 Å². The van der Waals surface area contributed by atoms with Crippen LogP contribution < -0.4 is 10.6 Å². The van der Waals surface area contributed by atoms with Crippen LogP contribution in [0.15, 0.2) is 18.2 Å². The molecule has 0 bridgehead atoms. The van der Waals surface area contributed by atoms with Crippen molar-refractivity contribution in [1.82, 2.24) is 10.6 Å². The molecule has 0 radical (unpaired) electrons. The van der Waals surface area contributed by atoms with E-state index in [0.717, 1.165) is 25.8 Å². The van der Waals surface area contributed by atoms with Gasteiger partial charge in [-0.2, -0.15) is 0 Å². The summed E-state index contributed by atoms with van der Waals surface area (Å²) in [5.74, 6) is -1.22. The van der Waals surface area contributed by atoms with Gasteiger partial charge in [-0.1, -0.05) is 12.5 Å². The minimum absolute atomic E-state index is 0.0272. The maximum absolute atomic E-state index is 13.4. The van der Waals surface area contributed by atoms with Crippen molar-refractivity contribution in [3.63, 3.8) is 0 Å². The molecule has 1 aromatic carbocycles. The summed E-state index contributed by atoms with van der Waals surface area (Å²) in [4.78, 5) is 11.8. The number of hydrogen-bond donors (Lipinski definition) is 2. The minimum atomic E-state index is -0.565. The van der Waals surface area contributed by atoms with E-state index in [4.69, 9.17) is 0 Å². The topological polar surface area (TPSA) is 41.1 Å². The Kier molecular flexibility index (Phi) is 4.85. The highest BCUT2D eigenvalue weighted by Gasteiger charge is 2.20. The van der Waals surface area contributed by atoms with Gasteiger partial charge in [-0.05, 0) is 37.9 Å². The fourth-order valence-corrected chi connectivity index (χ4v) is 2.28. The van der Waals surface area contributed by atoms with Crippen LogP contribution >= 0.6 is 0 Å². The van der Waals surface area contributed by atoms with Crippen LogP contribution in [0.4, 0.5) is 8.78 Å². The fourth-order valence-electron chi connectivity index (χ4n) is 2.28. The first-order chi connectivity index (χ1) is 9.18. The molecule has 5 heteroatoms. The van der Waals surface area contributed by atoms with Crippen molar-refractivity contribution >= 4 is 5.91 Å². The van der Waals surface area contributed by atoms with Gasteiger partial charge in [0.05, 0.1) is 6.04 Å². The van der Waals surface area contributed by atoms with E-state index in [9.17, 15) is 13.6 Å². The Balaban J connectivity index is 1.81. The second kappa shape index (κ2) is 6.61. The van der Waals surface area contributed by atoms with E-state index in [1.165, 1.54) is 18.2 Å². The zero-order valence-corrected chi connectivity index (χ0v) is 10.7. The standard InChI is InChI=1S/C14H18F2N2O/c15-11-4-3-5-12(16)10(11)7-9-18-14(19)13-6-1-2-8-17-13/h3-5,13,17H,1-2,6-9H2,(H,18,19). The molecule has 19 heavy (non-hydrogen) atoms. The second-order valence-electron chi connectivity index (χ2n) is 4.74. The maximum atomic E-state index is 13.4. The molecule has 0 saturated carbocycles. The highest BCUT2D eigenvalue weighted by molar-refractivity contribution is 5.81. The van der Waals surface area contributed by atoms with Crippen molar-refractivity contribution in [2.75, 3.05) is 13.1 Å².